The fourth-order valence-electron chi connectivity index (χ4n) is 3.88. The summed E-state index contributed by atoms with van der Waals surface area (Å²) in [5, 5.41) is 5.01. The number of hydrogen-bond acceptors (Lipinski definition) is 9. The zero-order valence-electron chi connectivity index (χ0n) is 22.3. The molecule has 2 N–H and O–H groups in total. The van der Waals surface area contributed by atoms with E-state index in [1.54, 1.807) is 56.4 Å². The van der Waals surface area contributed by atoms with Gasteiger partial charge in [0.1, 0.15) is 25.1 Å². The van der Waals surface area contributed by atoms with Crippen molar-refractivity contribution in [3.8, 4) is 28.3 Å². The van der Waals surface area contributed by atoms with Crippen LogP contribution in [0.15, 0.2) is 65.8 Å². The summed E-state index contributed by atoms with van der Waals surface area (Å²) < 4.78 is 24.9. The fraction of sp³-hybridized carbons (Fsp3) is 0.286. The topological polar surface area (TPSA) is 136 Å². The summed E-state index contributed by atoms with van der Waals surface area (Å²) in [6, 6.07) is 14.0. The van der Waals surface area contributed by atoms with Gasteiger partial charge in [0.2, 0.25) is 0 Å². The first kappa shape index (κ1) is 28.7. The van der Waals surface area contributed by atoms with Crippen molar-refractivity contribution < 1.29 is 28.5 Å². The number of benzene rings is 2. The highest BCUT2D eigenvalue weighted by molar-refractivity contribution is 6.30. The Bertz CT molecular complexity index is 1580. The van der Waals surface area contributed by atoms with E-state index in [-0.39, 0.29) is 31.7 Å². The number of carbonyl (C=O) groups is 2. The standard InChI is InChI=1S/C28H29ClN4O7/c1-4-25(34)39-16-28(2,40-26(35)13-30)15-38-23-10-9-21(12-24(23)37-3)32-17-31-33-14-19(11-22(33)27(32)36)18-5-7-20(29)8-6-18/h5-12,14,17H,4,13,15-16,30H2,1-3H3. The van der Waals surface area contributed by atoms with Crippen molar-refractivity contribution in [2.24, 2.45) is 5.73 Å². The number of nitrogens with two attached hydrogens (primary N) is 1. The molecule has 1 atom stereocenters. The van der Waals surface area contributed by atoms with Crippen LogP contribution in [-0.2, 0) is 19.1 Å². The van der Waals surface area contributed by atoms with Gasteiger partial charge >= 0.3 is 11.9 Å². The van der Waals surface area contributed by atoms with Crippen LogP contribution in [0.25, 0.3) is 22.3 Å². The van der Waals surface area contributed by atoms with E-state index >= 15 is 0 Å². The fourth-order valence-corrected chi connectivity index (χ4v) is 4.01. The molecule has 4 rings (SSSR count). The molecule has 40 heavy (non-hydrogen) atoms. The molecule has 0 saturated carbocycles. The Hall–Kier alpha value is -4.35. The molecule has 1 unspecified atom stereocenters. The van der Waals surface area contributed by atoms with Crippen LogP contribution in [0, 0.1) is 0 Å². The summed E-state index contributed by atoms with van der Waals surface area (Å²) in [5.41, 5.74) is 6.40. The van der Waals surface area contributed by atoms with E-state index in [1.807, 2.05) is 12.1 Å². The Morgan fingerprint density at radius 2 is 1.77 bits per heavy atom. The van der Waals surface area contributed by atoms with Crippen LogP contribution in [0.4, 0.5) is 0 Å². The number of carbonyl (C=O) groups excluding carboxylic acids is 2. The van der Waals surface area contributed by atoms with E-state index in [0.717, 1.165) is 11.1 Å². The largest absolute Gasteiger partial charge is 0.493 e. The molecule has 0 saturated heterocycles. The first-order valence-electron chi connectivity index (χ1n) is 12.4. The van der Waals surface area contributed by atoms with Crippen molar-refractivity contribution in [3.63, 3.8) is 0 Å². The van der Waals surface area contributed by atoms with Crippen molar-refractivity contribution in [3.05, 3.63) is 76.4 Å². The van der Waals surface area contributed by atoms with Crippen molar-refractivity contribution in [2.75, 3.05) is 26.9 Å². The van der Waals surface area contributed by atoms with E-state index in [0.29, 0.717) is 27.7 Å². The molecule has 210 valence electrons. The third-order valence-electron chi connectivity index (χ3n) is 6.02. The molecule has 0 radical (unpaired) electrons. The molecule has 2 aromatic heterocycles. The molecule has 11 nitrogen and oxygen atoms in total. The summed E-state index contributed by atoms with van der Waals surface area (Å²) in [6.07, 6.45) is 3.36. The molecule has 4 aromatic rings. The first-order valence-corrected chi connectivity index (χ1v) is 12.8. The molecular weight excluding hydrogens is 540 g/mol. The van der Waals surface area contributed by atoms with Gasteiger partial charge in [-0.3, -0.25) is 19.0 Å². The number of methoxy groups -OCH3 is 1. The van der Waals surface area contributed by atoms with E-state index in [1.165, 1.54) is 22.5 Å². The highest BCUT2D eigenvalue weighted by Gasteiger charge is 2.32. The van der Waals surface area contributed by atoms with Gasteiger partial charge in [-0.05, 0) is 42.8 Å². The molecule has 2 aromatic carbocycles. The average molecular weight is 569 g/mol. The molecule has 0 aliphatic carbocycles. The van der Waals surface area contributed by atoms with Crippen LogP contribution in [0.3, 0.4) is 0 Å². The molecule has 0 spiro atoms. The molecule has 0 amide bonds. The van der Waals surface area contributed by atoms with Gasteiger partial charge in [0, 0.05) is 29.3 Å². The molecule has 2 heterocycles. The molecule has 0 aliphatic rings. The quantitative estimate of drug-likeness (QED) is 0.270. The van der Waals surface area contributed by atoms with Crippen LogP contribution >= 0.6 is 11.6 Å². The Morgan fingerprint density at radius 3 is 2.45 bits per heavy atom. The maximum atomic E-state index is 13.4. The van der Waals surface area contributed by atoms with Crippen molar-refractivity contribution in [2.45, 2.75) is 25.9 Å². The Labute approximate surface area is 235 Å². The second-order valence-corrected chi connectivity index (χ2v) is 9.57. The number of hydrogen-bond donors (Lipinski definition) is 1. The van der Waals surface area contributed by atoms with Gasteiger partial charge in [-0.2, -0.15) is 5.10 Å². The van der Waals surface area contributed by atoms with E-state index in [9.17, 15) is 14.4 Å². The SMILES string of the molecule is CCC(=O)OCC(C)(COc1ccc(-n2cnn3cc(-c4ccc(Cl)cc4)cc3c2=O)cc1OC)OC(=O)CN. The molecule has 0 fully saturated rings. The minimum atomic E-state index is -1.30. The maximum Gasteiger partial charge on any atom is 0.320 e. The lowest BCUT2D eigenvalue weighted by atomic mass is 10.1. The van der Waals surface area contributed by atoms with Gasteiger partial charge in [0.25, 0.3) is 5.56 Å². The second kappa shape index (κ2) is 12.2. The number of rotatable bonds is 11. The van der Waals surface area contributed by atoms with Crippen LogP contribution in [0.1, 0.15) is 20.3 Å². The third-order valence-corrected chi connectivity index (χ3v) is 6.27. The van der Waals surface area contributed by atoms with Crippen LogP contribution in [0.2, 0.25) is 5.02 Å². The Kier molecular flexibility index (Phi) is 8.76. The third kappa shape index (κ3) is 6.44. The first-order chi connectivity index (χ1) is 19.2. The van der Waals surface area contributed by atoms with Crippen LogP contribution in [-0.4, -0.2) is 58.6 Å². The smallest absolute Gasteiger partial charge is 0.320 e. The summed E-state index contributed by atoms with van der Waals surface area (Å²) >= 11 is 5.99. The normalized spacial score (nSPS) is 12.5. The van der Waals surface area contributed by atoms with Crippen molar-refractivity contribution >= 4 is 29.1 Å². The van der Waals surface area contributed by atoms with Gasteiger partial charge in [-0.1, -0.05) is 30.7 Å². The molecule has 0 bridgehead atoms. The molecular formula is C28H29ClN4O7. The zero-order valence-corrected chi connectivity index (χ0v) is 23.0. The predicted octanol–water partition coefficient (Wildman–Crippen LogP) is 3.41. The summed E-state index contributed by atoms with van der Waals surface area (Å²) in [7, 11) is 1.46. The summed E-state index contributed by atoms with van der Waals surface area (Å²) in [4.78, 5) is 36.9. The minimum Gasteiger partial charge on any atom is -0.493 e. The Balaban J connectivity index is 1.59. The van der Waals surface area contributed by atoms with Gasteiger partial charge in [0.05, 0.1) is 19.3 Å². The lowest BCUT2D eigenvalue weighted by molar-refractivity contribution is -0.173. The maximum absolute atomic E-state index is 13.4. The summed E-state index contributed by atoms with van der Waals surface area (Å²) in [6.45, 7) is 2.51. The number of aromatic nitrogens is 3. The number of fused-ring (bicyclic) bond motifs is 1. The molecule has 0 aliphatic heterocycles. The van der Waals surface area contributed by atoms with Crippen LogP contribution < -0.4 is 20.8 Å². The highest BCUT2D eigenvalue weighted by atomic mass is 35.5. The van der Waals surface area contributed by atoms with Gasteiger partial charge in [-0.15, -0.1) is 0 Å². The van der Waals surface area contributed by atoms with Crippen molar-refractivity contribution in [1.82, 2.24) is 14.2 Å². The van der Waals surface area contributed by atoms with Gasteiger partial charge in [0.15, 0.2) is 17.1 Å². The second-order valence-electron chi connectivity index (χ2n) is 9.14. The monoisotopic (exact) mass is 568 g/mol. The zero-order chi connectivity index (χ0) is 28.9. The van der Waals surface area contributed by atoms with E-state index < -0.39 is 17.5 Å². The van der Waals surface area contributed by atoms with Gasteiger partial charge < -0.3 is 24.7 Å². The lowest BCUT2D eigenvalue weighted by Crippen LogP contribution is -2.44. The number of halogens is 1. The lowest BCUT2D eigenvalue weighted by Gasteiger charge is -2.29. The van der Waals surface area contributed by atoms with Gasteiger partial charge in [-0.25, -0.2) is 4.52 Å². The summed E-state index contributed by atoms with van der Waals surface area (Å²) in [5.74, 6) is -0.485. The number of ether oxygens (including phenoxy) is 4. The highest BCUT2D eigenvalue weighted by Crippen LogP contribution is 2.31. The predicted molar refractivity (Wildman–Crippen MR) is 148 cm³/mol. The minimum absolute atomic E-state index is 0.156. The van der Waals surface area contributed by atoms with Crippen LogP contribution in [0.5, 0.6) is 11.5 Å². The number of nitrogens with zero attached hydrogens (tertiary/aromatic N) is 3. The van der Waals surface area contributed by atoms with Crippen molar-refractivity contribution in [1.29, 1.82) is 0 Å². The number of esters is 2. The molecule has 12 heteroatoms. The van der Waals surface area contributed by atoms with E-state index in [4.69, 9.17) is 36.3 Å². The Morgan fingerprint density at radius 1 is 1.02 bits per heavy atom. The average Bonchev–Trinajstić information content (AvgIpc) is 3.41. The van der Waals surface area contributed by atoms with E-state index in [2.05, 4.69) is 5.10 Å².